The van der Waals surface area contributed by atoms with Gasteiger partial charge in [-0.05, 0) is 75.1 Å². The fourth-order valence-corrected chi connectivity index (χ4v) is 4.03. The van der Waals surface area contributed by atoms with Crippen LogP contribution in [0.15, 0.2) is 63.1 Å². The van der Waals surface area contributed by atoms with Gasteiger partial charge in [0.2, 0.25) is 5.62 Å². The van der Waals surface area contributed by atoms with Gasteiger partial charge in [-0.1, -0.05) is 23.7 Å². The summed E-state index contributed by atoms with van der Waals surface area (Å²) in [5, 5.41) is 0.567. The van der Waals surface area contributed by atoms with E-state index >= 15 is 0 Å². The lowest BCUT2D eigenvalue weighted by atomic mass is 9.96. The van der Waals surface area contributed by atoms with Crippen molar-refractivity contribution in [2.24, 2.45) is 10.9 Å². The van der Waals surface area contributed by atoms with Crippen LogP contribution in [0.2, 0.25) is 5.02 Å². The number of methoxy groups -OCH3 is 1. The van der Waals surface area contributed by atoms with E-state index in [1.54, 1.807) is 50.2 Å². The number of hydrogen-bond acceptors (Lipinski definition) is 6. The number of esters is 1. The SMILES string of the molecule is COC(=O)[C@@H](C)[C@@H](C)n1c(=O)[nH]/c(=N\c2ccc(OC3CCC3)cc2)n(Cc2ccc(Cl)cc2)c1=O. The highest BCUT2D eigenvalue weighted by Gasteiger charge is 2.26. The molecule has 36 heavy (non-hydrogen) atoms. The van der Waals surface area contributed by atoms with Gasteiger partial charge in [0.25, 0.3) is 0 Å². The number of carbonyl (C=O) groups excluding carboxylic acids is 1. The molecule has 0 amide bonds. The Hall–Kier alpha value is -3.59. The Morgan fingerprint density at radius 3 is 2.36 bits per heavy atom. The number of carbonyl (C=O) groups is 1. The number of halogens is 1. The maximum atomic E-state index is 13.6. The molecule has 0 unspecified atom stereocenters. The summed E-state index contributed by atoms with van der Waals surface area (Å²) in [5.74, 6) is -0.484. The van der Waals surface area contributed by atoms with E-state index < -0.39 is 29.3 Å². The second-order valence-electron chi connectivity index (χ2n) is 8.95. The molecule has 0 bridgehead atoms. The van der Waals surface area contributed by atoms with Gasteiger partial charge in [0.05, 0.1) is 37.4 Å². The van der Waals surface area contributed by atoms with E-state index in [-0.39, 0.29) is 18.3 Å². The maximum absolute atomic E-state index is 13.6. The van der Waals surface area contributed by atoms with E-state index in [1.165, 1.54) is 18.1 Å². The van der Waals surface area contributed by atoms with Gasteiger partial charge in [-0.25, -0.2) is 19.1 Å². The van der Waals surface area contributed by atoms with Gasteiger partial charge in [-0.15, -0.1) is 0 Å². The van der Waals surface area contributed by atoms with Crippen molar-refractivity contribution in [3.63, 3.8) is 0 Å². The highest BCUT2D eigenvalue weighted by atomic mass is 35.5. The van der Waals surface area contributed by atoms with Gasteiger partial charge in [-0.2, -0.15) is 0 Å². The zero-order valence-corrected chi connectivity index (χ0v) is 21.2. The van der Waals surface area contributed by atoms with Gasteiger partial charge in [0.1, 0.15) is 5.75 Å². The van der Waals surface area contributed by atoms with Crippen molar-refractivity contribution in [2.45, 2.75) is 51.8 Å². The minimum atomic E-state index is -0.748. The zero-order chi connectivity index (χ0) is 25.8. The van der Waals surface area contributed by atoms with Crippen LogP contribution in [0.4, 0.5) is 5.69 Å². The molecule has 1 aliphatic rings. The molecule has 9 nitrogen and oxygen atoms in total. The summed E-state index contributed by atoms with van der Waals surface area (Å²) in [6, 6.07) is 13.5. The summed E-state index contributed by atoms with van der Waals surface area (Å²) < 4.78 is 13.1. The van der Waals surface area contributed by atoms with Gasteiger partial charge < -0.3 is 9.47 Å². The molecule has 1 fully saturated rings. The van der Waals surface area contributed by atoms with Gasteiger partial charge in [0.15, 0.2) is 0 Å². The molecular formula is C26H29ClN4O5. The predicted octanol–water partition coefficient (Wildman–Crippen LogP) is 3.57. The van der Waals surface area contributed by atoms with E-state index in [2.05, 4.69) is 9.98 Å². The minimum absolute atomic E-state index is 0.0850. The largest absolute Gasteiger partial charge is 0.490 e. The summed E-state index contributed by atoms with van der Waals surface area (Å²) in [6.07, 6.45) is 3.55. The lowest BCUT2D eigenvalue weighted by Gasteiger charge is -2.26. The molecule has 1 heterocycles. The Labute approximate surface area is 213 Å². The third-order valence-corrected chi connectivity index (χ3v) is 6.77. The van der Waals surface area contributed by atoms with Crippen LogP contribution in [-0.4, -0.2) is 33.3 Å². The normalized spacial score (nSPS) is 15.7. The minimum Gasteiger partial charge on any atom is -0.490 e. The van der Waals surface area contributed by atoms with E-state index in [0.717, 1.165) is 28.7 Å². The zero-order valence-electron chi connectivity index (χ0n) is 20.4. The number of hydrogen-bond donors (Lipinski definition) is 1. The van der Waals surface area contributed by atoms with E-state index in [4.69, 9.17) is 21.1 Å². The lowest BCUT2D eigenvalue weighted by Crippen LogP contribution is -2.52. The standard InChI is InChI=1S/C26H29ClN4O5/c1-16(23(32)35-3)17(2)31-25(33)29-24(30(26(31)34)15-18-7-9-19(27)10-8-18)28-20-11-13-22(14-12-20)36-21-5-4-6-21/h7-14,16-17,21H,4-6,15H2,1-3H3,(H,28,29,33)/t16-,17+/m0/s1. The number of benzene rings is 2. The Morgan fingerprint density at radius 1 is 1.11 bits per heavy atom. The van der Waals surface area contributed by atoms with Crippen LogP contribution in [0.5, 0.6) is 5.75 Å². The molecule has 1 saturated carbocycles. The molecular weight excluding hydrogens is 484 g/mol. The van der Waals surface area contributed by atoms with Crippen LogP contribution >= 0.6 is 11.6 Å². The molecule has 2 atom stereocenters. The Kier molecular flexibility index (Phi) is 7.79. The predicted molar refractivity (Wildman–Crippen MR) is 136 cm³/mol. The van der Waals surface area contributed by atoms with Crippen molar-refractivity contribution in [3.05, 3.63) is 85.7 Å². The first-order chi connectivity index (χ1) is 17.3. The van der Waals surface area contributed by atoms with E-state index in [1.807, 2.05) is 12.1 Å². The van der Waals surface area contributed by atoms with Crippen molar-refractivity contribution in [1.29, 1.82) is 0 Å². The molecule has 4 rings (SSSR count). The summed E-state index contributed by atoms with van der Waals surface area (Å²) in [5.41, 5.74) is 0.153. The van der Waals surface area contributed by atoms with Crippen molar-refractivity contribution in [3.8, 4) is 5.75 Å². The molecule has 1 N–H and O–H groups in total. The number of H-pyrrole nitrogens is 1. The summed E-state index contributed by atoms with van der Waals surface area (Å²) in [7, 11) is 1.27. The quantitative estimate of drug-likeness (QED) is 0.464. The Morgan fingerprint density at radius 2 is 1.78 bits per heavy atom. The number of ether oxygens (including phenoxy) is 2. The van der Waals surface area contributed by atoms with Gasteiger partial charge in [0, 0.05) is 5.02 Å². The van der Waals surface area contributed by atoms with E-state index in [0.29, 0.717) is 10.7 Å². The van der Waals surface area contributed by atoms with Crippen LogP contribution in [0.1, 0.15) is 44.7 Å². The van der Waals surface area contributed by atoms with Crippen molar-refractivity contribution in [2.75, 3.05) is 7.11 Å². The van der Waals surface area contributed by atoms with Gasteiger partial charge >= 0.3 is 17.3 Å². The third-order valence-electron chi connectivity index (χ3n) is 6.51. The maximum Gasteiger partial charge on any atom is 0.335 e. The second kappa shape index (κ2) is 11.0. The monoisotopic (exact) mass is 512 g/mol. The molecule has 1 aromatic heterocycles. The first-order valence-corrected chi connectivity index (χ1v) is 12.2. The fraction of sp³-hybridized carbons (Fsp3) is 0.385. The molecule has 3 aromatic rings. The van der Waals surface area contributed by atoms with Crippen molar-refractivity contribution in [1.82, 2.24) is 14.1 Å². The average Bonchev–Trinajstić information content (AvgIpc) is 2.84. The summed E-state index contributed by atoms with van der Waals surface area (Å²) >= 11 is 6.01. The molecule has 0 saturated heterocycles. The molecule has 0 radical (unpaired) electrons. The topological polar surface area (TPSA) is 108 Å². The molecule has 190 valence electrons. The number of rotatable bonds is 8. The van der Waals surface area contributed by atoms with E-state index in [9.17, 15) is 14.4 Å². The fourth-order valence-electron chi connectivity index (χ4n) is 3.90. The van der Waals surface area contributed by atoms with Crippen molar-refractivity contribution < 1.29 is 14.3 Å². The van der Waals surface area contributed by atoms with Gasteiger partial charge in [-0.3, -0.25) is 14.3 Å². The van der Waals surface area contributed by atoms with Crippen LogP contribution in [-0.2, 0) is 16.1 Å². The highest BCUT2D eigenvalue weighted by molar-refractivity contribution is 6.30. The molecule has 0 spiro atoms. The Bertz CT molecular complexity index is 1400. The van der Waals surface area contributed by atoms with Crippen LogP contribution in [0.25, 0.3) is 0 Å². The number of nitrogens with zero attached hydrogens (tertiary/aromatic N) is 3. The van der Waals surface area contributed by atoms with Crippen molar-refractivity contribution >= 4 is 23.3 Å². The third kappa shape index (κ3) is 5.62. The number of aromatic amines is 1. The molecule has 2 aromatic carbocycles. The Balaban J connectivity index is 1.78. The second-order valence-corrected chi connectivity index (χ2v) is 9.38. The summed E-state index contributed by atoms with van der Waals surface area (Å²) in [4.78, 5) is 46.0. The molecule has 1 aliphatic carbocycles. The number of aromatic nitrogens is 3. The molecule has 0 aliphatic heterocycles. The number of nitrogens with one attached hydrogen (secondary N) is 1. The lowest BCUT2D eigenvalue weighted by molar-refractivity contribution is -0.146. The average molecular weight is 513 g/mol. The first-order valence-electron chi connectivity index (χ1n) is 11.9. The summed E-state index contributed by atoms with van der Waals surface area (Å²) in [6.45, 7) is 3.37. The smallest absolute Gasteiger partial charge is 0.335 e. The van der Waals surface area contributed by atoms with Crippen LogP contribution in [0, 0.1) is 5.92 Å². The van der Waals surface area contributed by atoms with Crippen LogP contribution in [0.3, 0.4) is 0 Å². The van der Waals surface area contributed by atoms with Crippen LogP contribution < -0.4 is 21.7 Å². The first kappa shape index (κ1) is 25.5. The molecule has 10 heteroatoms. The highest BCUT2D eigenvalue weighted by Crippen LogP contribution is 2.26.